The van der Waals surface area contributed by atoms with Crippen LogP contribution in [0.1, 0.15) is 12.0 Å². The van der Waals surface area contributed by atoms with E-state index in [1.54, 1.807) is 0 Å². The topological polar surface area (TPSA) is 29.3 Å². The van der Waals surface area contributed by atoms with Gasteiger partial charge in [0.2, 0.25) is 0 Å². The van der Waals surface area contributed by atoms with E-state index in [1.807, 2.05) is 23.9 Å². The number of thioether (sulfide) groups is 1. The molecule has 2 rings (SSSR count). The van der Waals surface area contributed by atoms with E-state index >= 15 is 0 Å². The Bertz CT molecular complexity index is 349. The molecule has 0 aliphatic carbocycles. The van der Waals surface area contributed by atoms with Crippen molar-refractivity contribution < 1.29 is 0 Å². The zero-order valence-corrected chi connectivity index (χ0v) is 10.9. The van der Waals surface area contributed by atoms with Crippen LogP contribution in [-0.4, -0.2) is 24.6 Å². The number of nitrogens with zero attached hydrogens (tertiary/aromatic N) is 1. The lowest BCUT2D eigenvalue weighted by Crippen LogP contribution is -2.26. The van der Waals surface area contributed by atoms with E-state index in [1.165, 1.54) is 23.6 Å². The fourth-order valence-electron chi connectivity index (χ4n) is 2.01. The van der Waals surface area contributed by atoms with Crippen LogP contribution in [0, 0.1) is 0 Å². The summed E-state index contributed by atoms with van der Waals surface area (Å²) < 4.78 is 0. The van der Waals surface area contributed by atoms with Crippen molar-refractivity contribution >= 4 is 29.1 Å². The van der Waals surface area contributed by atoms with Crippen molar-refractivity contribution in [2.45, 2.75) is 13.0 Å². The second-order valence-electron chi connectivity index (χ2n) is 3.93. The number of rotatable bonds is 2. The highest BCUT2D eigenvalue weighted by Gasteiger charge is 2.13. The average Bonchev–Trinajstić information content (AvgIpc) is 2.57. The van der Waals surface area contributed by atoms with Gasteiger partial charge in [0.05, 0.1) is 0 Å². The monoisotopic (exact) mass is 256 g/mol. The van der Waals surface area contributed by atoms with Crippen molar-refractivity contribution in [3.63, 3.8) is 0 Å². The van der Waals surface area contributed by atoms with Crippen molar-refractivity contribution in [2.24, 2.45) is 5.73 Å². The maximum absolute atomic E-state index is 5.99. The maximum Gasteiger partial charge on any atom is 0.0413 e. The molecule has 0 atom stereocenters. The molecule has 16 heavy (non-hydrogen) atoms. The summed E-state index contributed by atoms with van der Waals surface area (Å²) in [6, 6.07) is 6.03. The first kappa shape index (κ1) is 12.1. The summed E-state index contributed by atoms with van der Waals surface area (Å²) in [4.78, 5) is 2.43. The van der Waals surface area contributed by atoms with Crippen LogP contribution in [0.2, 0.25) is 5.02 Å². The fraction of sp³-hybridized carbons (Fsp3) is 0.500. The number of hydrogen-bond acceptors (Lipinski definition) is 3. The highest BCUT2D eigenvalue weighted by atomic mass is 35.5. The second-order valence-corrected chi connectivity index (χ2v) is 5.59. The van der Waals surface area contributed by atoms with Crippen LogP contribution in [0.25, 0.3) is 0 Å². The van der Waals surface area contributed by atoms with E-state index in [2.05, 4.69) is 11.0 Å². The van der Waals surface area contributed by atoms with Crippen molar-refractivity contribution in [1.82, 2.24) is 0 Å². The molecule has 2 N–H and O–H groups in total. The SMILES string of the molecule is NCc1cc(Cl)ccc1N1CCCSCC1. The smallest absolute Gasteiger partial charge is 0.0413 e. The van der Waals surface area contributed by atoms with Gasteiger partial charge in [-0.1, -0.05) is 11.6 Å². The predicted molar refractivity (Wildman–Crippen MR) is 73.5 cm³/mol. The molecule has 1 aliphatic rings. The summed E-state index contributed by atoms with van der Waals surface area (Å²) in [6.45, 7) is 2.79. The van der Waals surface area contributed by atoms with Gasteiger partial charge in [-0.15, -0.1) is 0 Å². The number of benzene rings is 1. The van der Waals surface area contributed by atoms with E-state index < -0.39 is 0 Å². The van der Waals surface area contributed by atoms with Crippen molar-refractivity contribution in [2.75, 3.05) is 29.5 Å². The van der Waals surface area contributed by atoms with E-state index in [9.17, 15) is 0 Å². The number of nitrogens with two attached hydrogens (primary N) is 1. The minimum absolute atomic E-state index is 0.555. The Kier molecular flexibility index (Phi) is 4.38. The Labute approximate surface area is 106 Å². The molecule has 0 unspecified atom stereocenters. The van der Waals surface area contributed by atoms with Crippen LogP contribution in [0.4, 0.5) is 5.69 Å². The number of halogens is 1. The molecule has 0 spiro atoms. The summed E-state index contributed by atoms with van der Waals surface area (Å²) >= 11 is 8.02. The van der Waals surface area contributed by atoms with E-state index in [0.717, 1.165) is 23.7 Å². The highest BCUT2D eigenvalue weighted by molar-refractivity contribution is 7.99. The summed E-state index contributed by atoms with van der Waals surface area (Å²) in [5.41, 5.74) is 8.19. The molecule has 0 amide bonds. The average molecular weight is 257 g/mol. The Morgan fingerprint density at radius 2 is 2.19 bits per heavy atom. The fourth-order valence-corrected chi connectivity index (χ4v) is 3.09. The lowest BCUT2D eigenvalue weighted by molar-refractivity contribution is 0.808. The van der Waals surface area contributed by atoms with Crippen molar-refractivity contribution in [3.05, 3.63) is 28.8 Å². The molecule has 0 aromatic heterocycles. The largest absolute Gasteiger partial charge is 0.370 e. The van der Waals surface area contributed by atoms with Crippen LogP contribution >= 0.6 is 23.4 Å². The first-order valence-electron chi connectivity index (χ1n) is 5.62. The molecule has 1 aromatic rings. The van der Waals surface area contributed by atoms with Gasteiger partial charge in [-0.2, -0.15) is 11.8 Å². The van der Waals surface area contributed by atoms with Crippen LogP contribution < -0.4 is 10.6 Å². The number of anilines is 1. The molecule has 1 aromatic carbocycles. The van der Waals surface area contributed by atoms with Crippen LogP contribution in [0.15, 0.2) is 18.2 Å². The molecule has 1 fully saturated rings. The third kappa shape index (κ3) is 2.84. The Morgan fingerprint density at radius 1 is 1.31 bits per heavy atom. The lowest BCUT2D eigenvalue weighted by atomic mass is 10.1. The van der Waals surface area contributed by atoms with Gasteiger partial charge < -0.3 is 10.6 Å². The first-order valence-corrected chi connectivity index (χ1v) is 7.15. The van der Waals surface area contributed by atoms with E-state index in [-0.39, 0.29) is 0 Å². The molecule has 1 heterocycles. The molecule has 0 radical (unpaired) electrons. The van der Waals surface area contributed by atoms with Gasteiger partial charge >= 0.3 is 0 Å². The van der Waals surface area contributed by atoms with Crippen molar-refractivity contribution in [3.8, 4) is 0 Å². The van der Waals surface area contributed by atoms with Gasteiger partial charge in [-0.05, 0) is 35.9 Å². The molecule has 1 aliphatic heterocycles. The van der Waals surface area contributed by atoms with E-state index in [4.69, 9.17) is 17.3 Å². The third-order valence-corrected chi connectivity index (χ3v) is 4.11. The lowest BCUT2D eigenvalue weighted by Gasteiger charge is -2.25. The highest BCUT2D eigenvalue weighted by Crippen LogP contribution is 2.26. The van der Waals surface area contributed by atoms with Gasteiger partial charge in [0, 0.05) is 36.1 Å². The Balaban J connectivity index is 2.23. The number of hydrogen-bond donors (Lipinski definition) is 1. The van der Waals surface area contributed by atoms with Gasteiger partial charge in [-0.25, -0.2) is 0 Å². The molecular weight excluding hydrogens is 240 g/mol. The molecule has 88 valence electrons. The molecule has 4 heteroatoms. The molecule has 2 nitrogen and oxygen atoms in total. The van der Waals surface area contributed by atoms with Gasteiger partial charge in [0.25, 0.3) is 0 Å². The van der Waals surface area contributed by atoms with Crippen molar-refractivity contribution in [1.29, 1.82) is 0 Å². The van der Waals surface area contributed by atoms with Gasteiger partial charge in [-0.3, -0.25) is 0 Å². The molecule has 0 bridgehead atoms. The quantitative estimate of drug-likeness (QED) is 0.882. The Morgan fingerprint density at radius 3 is 3.00 bits per heavy atom. The minimum Gasteiger partial charge on any atom is -0.370 e. The zero-order valence-electron chi connectivity index (χ0n) is 9.29. The first-order chi connectivity index (χ1) is 7.81. The third-order valence-electron chi connectivity index (χ3n) is 2.82. The molecule has 1 saturated heterocycles. The van der Waals surface area contributed by atoms with Gasteiger partial charge in [0.1, 0.15) is 0 Å². The van der Waals surface area contributed by atoms with Crippen LogP contribution in [0.3, 0.4) is 0 Å². The summed E-state index contributed by atoms with van der Waals surface area (Å²) in [5, 5.41) is 0.772. The second kappa shape index (κ2) is 5.80. The Hall–Kier alpha value is -0.380. The van der Waals surface area contributed by atoms with Gasteiger partial charge in [0.15, 0.2) is 0 Å². The van der Waals surface area contributed by atoms with E-state index in [0.29, 0.717) is 6.54 Å². The molecule has 0 saturated carbocycles. The molecular formula is C12H17ClN2S. The summed E-state index contributed by atoms with van der Waals surface area (Å²) in [6.07, 6.45) is 1.25. The van der Waals surface area contributed by atoms with Crippen LogP contribution in [-0.2, 0) is 6.54 Å². The van der Waals surface area contributed by atoms with Crippen LogP contribution in [0.5, 0.6) is 0 Å². The predicted octanol–water partition coefficient (Wildman–Crippen LogP) is 2.74. The minimum atomic E-state index is 0.555. The summed E-state index contributed by atoms with van der Waals surface area (Å²) in [5.74, 6) is 2.47. The zero-order chi connectivity index (χ0) is 11.4. The normalized spacial score (nSPS) is 17.2. The maximum atomic E-state index is 5.99. The standard InChI is InChI=1S/C12H17ClN2S/c13-11-2-3-12(10(8-11)9-14)15-4-1-6-16-7-5-15/h2-3,8H,1,4-7,9,14H2. The summed E-state index contributed by atoms with van der Waals surface area (Å²) in [7, 11) is 0.